The summed E-state index contributed by atoms with van der Waals surface area (Å²) in [5.74, 6) is 1.88. The van der Waals surface area contributed by atoms with Crippen LogP contribution in [0.15, 0.2) is 35.5 Å². The molecule has 30 heavy (non-hydrogen) atoms. The first-order chi connectivity index (χ1) is 14.4. The van der Waals surface area contributed by atoms with Crippen LogP contribution in [0.2, 0.25) is 0 Å². The van der Waals surface area contributed by atoms with Gasteiger partial charge in [-0.25, -0.2) is 8.42 Å². The van der Waals surface area contributed by atoms with Crippen molar-refractivity contribution in [1.29, 1.82) is 0 Å². The van der Waals surface area contributed by atoms with Crippen LogP contribution in [0.25, 0.3) is 0 Å². The number of benzene rings is 1. The second-order valence-electron chi connectivity index (χ2n) is 8.58. The van der Waals surface area contributed by atoms with E-state index < -0.39 is 10.0 Å². The summed E-state index contributed by atoms with van der Waals surface area (Å²) in [5, 5.41) is 8.65. The van der Waals surface area contributed by atoms with Crippen LogP contribution in [0.1, 0.15) is 37.9 Å². The Morgan fingerprint density at radius 2 is 2.03 bits per heavy atom. The molecule has 0 radical (unpaired) electrons. The molecule has 1 unspecified atom stereocenters. The fraction of sp³-hybridized carbons (Fsp3) is 0.619. The van der Waals surface area contributed by atoms with Gasteiger partial charge in [0.25, 0.3) is 0 Å². The summed E-state index contributed by atoms with van der Waals surface area (Å²) in [6.45, 7) is 6.00. The standard InChI is InChI=1S/C21H31N5O3S/c1-4-10-25-16-22-23-20(25)19-14-24(2)15-21(19)8-11-26(12-9-21)30(27,28)18-7-5-6-17(13-18)29-3/h5-7,13,16,19H,4,8-12,14-15H2,1-3H3. The Morgan fingerprint density at radius 3 is 2.73 bits per heavy atom. The summed E-state index contributed by atoms with van der Waals surface area (Å²) in [4.78, 5) is 2.64. The summed E-state index contributed by atoms with van der Waals surface area (Å²) in [6.07, 6.45) is 4.51. The van der Waals surface area contributed by atoms with Crippen molar-refractivity contribution in [2.45, 2.75) is 43.5 Å². The first-order valence-electron chi connectivity index (χ1n) is 10.6. The van der Waals surface area contributed by atoms with Crippen LogP contribution in [-0.4, -0.2) is 72.7 Å². The van der Waals surface area contributed by atoms with E-state index in [0.29, 0.717) is 23.7 Å². The SMILES string of the molecule is CCCn1cnnc1C1CN(C)CC12CCN(S(=O)(=O)c1cccc(OC)c1)CC2. The maximum Gasteiger partial charge on any atom is 0.243 e. The van der Waals surface area contributed by atoms with Crippen LogP contribution < -0.4 is 4.74 Å². The first kappa shape index (κ1) is 21.3. The van der Waals surface area contributed by atoms with Crippen LogP contribution in [0.5, 0.6) is 5.75 Å². The van der Waals surface area contributed by atoms with E-state index in [1.165, 1.54) is 0 Å². The molecule has 0 N–H and O–H groups in total. The van der Waals surface area contributed by atoms with Gasteiger partial charge in [0.15, 0.2) is 0 Å². The van der Waals surface area contributed by atoms with Gasteiger partial charge in [-0.1, -0.05) is 13.0 Å². The summed E-state index contributed by atoms with van der Waals surface area (Å²) in [6, 6.07) is 6.72. The molecule has 1 spiro atoms. The molecule has 0 aliphatic carbocycles. The van der Waals surface area contributed by atoms with Crippen LogP contribution in [0.3, 0.4) is 0 Å². The molecule has 1 aromatic carbocycles. The largest absolute Gasteiger partial charge is 0.497 e. The van der Waals surface area contributed by atoms with E-state index in [9.17, 15) is 8.42 Å². The molecule has 0 amide bonds. The van der Waals surface area contributed by atoms with Crippen molar-refractivity contribution < 1.29 is 13.2 Å². The van der Waals surface area contributed by atoms with Crippen LogP contribution in [0, 0.1) is 5.41 Å². The van der Waals surface area contributed by atoms with E-state index in [0.717, 1.165) is 44.7 Å². The quantitative estimate of drug-likeness (QED) is 0.695. The van der Waals surface area contributed by atoms with Crippen molar-refractivity contribution in [3.05, 3.63) is 36.4 Å². The lowest BCUT2D eigenvalue weighted by Crippen LogP contribution is -2.46. The van der Waals surface area contributed by atoms with Crippen LogP contribution in [0.4, 0.5) is 0 Å². The average Bonchev–Trinajstić information content (AvgIpc) is 3.32. The van der Waals surface area contributed by atoms with Gasteiger partial charge < -0.3 is 14.2 Å². The van der Waals surface area contributed by atoms with Gasteiger partial charge in [-0.3, -0.25) is 0 Å². The number of methoxy groups -OCH3 is 1. The maximum absolute atomic E-state index is 13.2. The highest BCUT2D eigenvalue weighted by molar-refractivity contribution is 7.89. The molecule has 1 aromatic heterocycles. The Hall–Kier alpha value is -1.97. The third-order valence-corrected chi connectivity index (χ3v) is 8.53. The molecule has 2 aliphatic heterocycles. The predicted molar refractivity (Wildman–Crippen MR) is 114 cm³/mol. The highest BCUT2D eigenvalue weighted by Crippen LogP contribution is 2.49. The molecular weight excluding hydrogens is 402 g/mol. The van der Waals surface area contributed by atoms with E-state index in [1.807, 2.05) is 6.33 Å². The Labute approximate surface area is 178 Å². The van der Waals surface area contributed by atoms with Crippen molar-refractivity contribution in [1.82, 2.24) is 24.0 Å². The minimum atomic E-state index is -3.54. The molecule has 0 bridgehead atoms. The van der Waals surface area contributed by atoms with Crippen molar-refractivity contribution in [3.8, 4) is 5.75 Å². The predicted octanol–water partition coefficient (Wildman–Crippen LogP) is 2.20. The second kappa shape index (κ2) is 8.28. The molecule has 2 aromatic rings. The summed E-state index contributed by atoms with van der Waals surface area (Å²) in [5.41, 5.74) is 0.0354. The lowest BCUT2D eigenvalue weighted by atomic mass is 9.71. The molecule has 164 valence electrons. The normalized spacial score (nSPS) is 22.6. The van der Waals surface area contributed by atoms with Crippen molar-refractivity contribution >= 4 is 10.0 Å². The number of nitrogens with zero attached hydrogens (tertiary/aromatic N) is 5. The Kier molecular flexibility index (Phi) is 5.87. The molecule has 9 heteroatoms. The van der Waals surface area contributed by atoms with Gasteiger partial charge in [-0.05, 0) is 43.9 Å². The van der Waals surface area contributed by atoms with Gasteiger partial charge in [-0.2, -0.15) is 4.31 Å². The van der Waals surface area contributed by atoms with E-state index in [4.69, 9.17) is 4.74 Å². The van der Waals surface area contributed by atoms with E-state index >= 15 is 0 Å². The van der Waals surface area contributed by atoms with Crippen molar-refractivity contribution in [2.75, 3.05) is 40.3 Å². The molecule has 2 aliphatic rings. The summed E-state index contributed by atoms with van der Waals surface area (Å²) in [7, 11) is 0.151. The fourth-order valence-corrected chi connectivity index (χ4v) is 6.59. The maximum atomic E-state index is 13.2. The lowest BCUT2D eigenvalue weighted by molar-refractivity contribution is 0.140. The number of aromatic nitrogens is 3. The zero-order chi connectivity index (χ0) is 21.4. The number of aryl methyl sites for hydroxylation is 1. The highest BCUT2D eigenvalue weighted by Gasteiger charge is 2.50. The Morgan fingerprint density at radius 1 is 1.27 bits per heavy atom. The first-order valence-corrected chi connectivity index (χ1v) is 12.0. The molecule has 0 saturated carbocycles. The van der Waals surface area contributed by atoms with E-state index in [1.54, 1.807) is 35.7 Å². The van der Waals surface area contributed by atoms with Gasteiger partial charge in [0.05, 0.1) is 12.0 Å². The third-order valence-electron chi connectivity index (χ3n) is 6.64. The highest BCUT2D eigenvalue weighted by atomic mass is 32.2. The minimum absolute atomic E-state index is 0.0354. The van der Waals surface area contributed by atoms with Crippen molar-refractivity contribution in [3.63, 3.8) is 0 Å². The third kappa shape index (κ3) is 3.74. The molecule has 8 nitrogen and oxygen atoms in total. The zero-order valence-corrected chi connectivity index (χ0v) is 18.8. The number of hydrogen-bond acceptors (Lipinski definition) is 6. The Bertz CT molecular complexity index is 982. The number of hydrogen-bond donors (Lipinski definition) is 0. The number of ether oxygens (including phenoxy) is 1. The monoisotopic (exact) mass is 433 g/mol. The van der Waals surface area contributed by atoms with Gasteiger partial charge in [0.1, 0.15) is 17.9 Å². The lowest BCUT2D eigenvalue weighted by Gasteiger charge is -2.41. The van der Waals surface area contributed by atoms with Crippen LogP contribution in [-0.2, 0) is 16.6 Å². The zero-order valence-electron chi connectivity index (χ0n) is 18.0. The smallest absolute Gasteiger partial charge is 0.243 e. The fourth-order valence-electron chi connectivity index (χ4n) is 5.11. The molecular formula is C21H31N5O3S. The number of likely N-dealkylation sites (tertiary alicyclic amines) is 1. The molecule has 1 atom stereocenters. The van der Waals surface area contributed by atoms with Crippen LogP contribution >= 0.6 is 0 Å². The van der Waals surface area contributed by atoms with Gasteiger partial charge in [0.2, 0.25) is 10.0 Å². The second-order valence-corrected chi connectivity index (χ2v) is 10.5. The van der Waals surface area contributed by atoms with Crippen molar-refractivity contribution in [2.24, 2.45) is 5.41 Å². The number of sulfonamides is 1. The van der Waals surface area contributed by atoms with Gasteiger partial charge in [0, 0.05) is 44.7 Å². The number of rotatable bonds is 6. The number of likely N-dealkylation sites (N-methyl/N-ethyl adjacent to an activating group) is 1. The average molecular weight is 434 g/mol. The summed E-state index contributed by atoms with van der Waals surface area (Å²) < 4.78 is 35.4. The number of piperidine rings is 1. The Balaban J connectivity index is 1.55. The molecule has 2 saturated heterocycles. The topological polar surface area (TPSA) is 80.6 Å². The molecule has 3 heterocycles. The van der Waals surface area contributed by atoms with Gasteiger partial charge in [-0.15, -0.1) is 10.2 Å². The van der Waals surface area contributed by atoms with E-state index in [-0.39, 0.29) is 11.3 Å². The summed E-state index contributed by atoms with van der Waals surface area (Å²) >= 11 is 0. The van der Waals surface area contributed by atoms with Gasteiger partial charge >= 0.3 is 0 Å². The van der Waals surface area contributed by atoms with E-state index in [2.05, 4.69) is 33.6 Å². The molecule has 4 rings (SSSR count). The molecule has 2 fully saturated rings. The minimum Gasteiger partial charge on any atom is -0.497 e.